The SMILES string of the molecule is Cc1cc(N)c(NC(=O)c2ccc(Cl)cc2Cl)cc1N1C[C@H](C)C[C@H](C)C1. The van der Waals surface area contributed by atoms with Crippen molar-refractivity contribution in [2.75, 3.05) is 29.0 Å². The minimum Gasteiger partial charge on any atom is -0.397 e. The minimum atomic E-state index is -0.307. The van der Waals surface area contributed by atoms with Gasteiger partial charge in [0.1, 0.15) is 0 Å². The van der Waals surface area contributed by atoms with Gasteiger partial charge in [-0.3, -0.25) is 4.79 Å². The Morgan fingerprint density at radius 2 is 1.81 bits per heavy atom. The number of carbonyl (C=O) groups excluding carboxylic acids is 1. The van der Waals surface area contributed by atoms with Crippen LogP contribution in [0.5, 0.6) is 0 Å². The summed E-state index contributed by atoms with van der Waals surface area (Å²) in [6.45, 7) is 8.62. The minimum absolute atomic E-state index is 0.307. The van der Waals surface area contributed by atoms with Gasteiger partial charge in [0, 0.05) is 23.8 Å². The summed E-state index contributed by atoms with van der Waals surface area (Å²) in [4.78, 5) is 15.1. The van der Waals surface area contributed by atoms with Crippen molar-refractivity contribution >= 4 is 46.2 Å². The summed E-state index contributed by atoms with van der Waals surface area (Å²) in [5.41, 5.74) is 9.89. The van der Waals surface area contributed by atoms with Crippen LogP contribution in [-0.2, 0) is 0 Å². The quantitative estimate of drug-likeness (QED) is 0.651. The van der Waals surface area contributed by atoms with Gasteiger partial charge in [-0.25, -0.2) is 0 Å². The zero-order chi connectivity index (χ0) is 19.7. The smallest absolute Gasteiger partial charge is 0.257 e. The van der Waals surface area contributed by atoms with E-state index in [-0.39, 0.29) is 5.91 Å². The largest absolute Gasteiger partial charge is 0.397 e. The summed E-state index contributed by atoms with van der Waals surface area (Å²) in [5.74, 6) is 0.965. The van der Waals surface area contributed by atoms with Crippen LogP contribution in [0.15, 0.2) is 30.3 Å². The molecule has 0 bridgehead atoms. The second-order valence-electron chi connectivity index (χ2n) is 7.66. The van der Waals surface area contributed by atoms with Crippen molar-refractivity contribution in [3.05, 3.63) is 51.5 Å². The predicted octanol–water partition coefficient (Wildman–Crippen LogP) is 5.62. The first-order valence-corrected chi connectivity index (χ1v) is 9.91. The highest BCUT2D eigenvalue weighted by molar-refractivity contribution is 6.37. The average molecular weight is 406 g/mol. The van der Waals surface area contributed by atoms with Gasteiger partial charge in [0.05, 0.1) is 22.0 Å². The predicted molar refractivity (Wildman–Crippen MR) is 115 cm³/mol. The van der Waals surface area contributed by atoms with Crippen LogP contribution in [-0.4, -0.2) is 19.0 Å². The number of nitrogen functional groups attached to an aromatic ring is 1. The zero-order valence-electron chi connectivity index (χ0n) is 15.9. The lowest BCUT2D eigenvalue weighted by Gasteiger charge is -2.37. The molecular weight excluding hydrogens is 381 g/mol. The van der Waals surface area contributed by atoms with Crippen LogP contribution >= 0.6 is 23.2 Å². The molecule has 6 heteroatoms. The monoisotopic (exact) mass is 405 g/mol. The second-order valence-corrected chi connectivity index (χ2v) is 8.50. The molecule has 4 nitrogen and oxygen atoms in total. The van der Waals surface area contributed by atoms with Crippen LogP contribution in [0.1, 0.15) is 36.2 Å². The van der Waals surface area contributed by atoms with Crippen molar-refractivity contribution in [2.24, 2.45) is 11.8 Å². The number of amides is 1. The number of halogens is 2. The first-order valence-electron chi connectivity index (χ1n) is 9.16. The molecule has 3 rings (SSSR count). The van der Waals surface area contributed by atoms with Crippen molar-refractivity contribution < 1.29 is 4.79 Å². The molecule has 0 unspecified atom stereocenters. The van der Waals surface area contributed by atoms with Crippen molar-refractivity contribution in [3.63, 3.8) is 0 Å². The zero-order valence-corrected chi connectivity index (χ0v) is 17.4. The second kappa shape index (κ2) is 7.99. The molecule has 1 amide bonds. The van der Waals surface area contributed by atoms with E-state index in [9.17, 15) is 4.79 Å². The molecule has 27 heavy (non-hydrogen) atoms. The van der Waals surface area contributed by atoms with E-state index in [1.54, 1.807) is 18.2 Å². The van der Waals surface area contributed by atoms with Gasteiger partial charge in [0.25, 0.3) is 5.91 Å². The first kappa shape index (κ1) is 19.8. The maximum absolute atomic E-state index is 12.7. The standard InChI is InChI=1S/C21H25Cl2N3O/c1-12-6-13(2)11-26(10-12)20-9-19(18(24)7-14(20)3)25-21(27)16-5-4-15(22)8-17(16)23/h4-5,7-9,12-13H,6,10-11,24H2,1-3H3,(H,25,27)/t12-,13+. The van der Waals surface area contributed by atoms with Gasteiger partial charge in [0.2, 0.25) is 0 Å². The van der Waals surface area contributed by atoms with Gasteiger partial charge < -0.3 is 16.0 Å². The fourth-order valence-corrected chi connectivity index (χ4v) is 4.38. The van der Waals surface area contributed by atoms with Crippen LogP contribution in [0.3, 0.4) is 0 Å². The fourth-order valence-electron chi connectivity index (χ4n) is 3.89. The van der Waals surface area contributed by atoms with Gasteiger partial charge in [-0.05, 0) is 61.1 Å². The van der Waals surface area contributed by atoms with Crippen LogP contribution in [0.25, 0.3) is 0 Å². The summed E-state index contributed by atoms with van der Waals surface area (Å²) in [5, 5.41) is 3.70. The van der Waals surface area contributed by atoms with E-state index in [0.717, 1.165) is 24.3 Å². The van der Waals surface area contributed by atoms with Crippen molar-refractivity contribution in [1.29, 1.82) is 0 Å². The van der Waals surface area contributed by atoms with E-state index in [1.165, 1.54) is 6.42 Å². The Morgan fingerprint density at radius 3 is 2.44 bits per heavy atom. The van der Waals surface area contributed by atoms with E-state index in [0.29, 0.717) is 38.8 Å². The Bertz CT molecular complexity index is 859. The Hall–Kier alpha value is -1.91. The molecule has 0 radical (unpaired) electrons. The molecule has 0 aliphatic carbocycles. The lowest BCUT2D eigenvalue weighted by Crippen LogP contribution is -2.39. The topological polar surface area (TPSA) is 58.4 Å². The molecule has 3 N–H and O–H groups in total. The molecule has 1 aliphatic rings. The lowest BCUT2D eigenvalue weighted by molar-refractivity contribution is 0.102. The van der Waals surface area contributed by atoms with Gasteiger partial charge in [-0.15, -0.1) is 0 Å². The number of rotatable bonds is 3. The maximum Gasteiger partial charge on any atom is 0.257 e. The molecule has 1 saturated heterocycles. The van der Waals surface area contributed by atoms with Gasteiger partial charge in [-0.1, -0.05) is 37.0 Å². The number of piperidine rings is 1. The van der Waals surface area contributed by atoms with Crippen LogP contribution in [0, 0.1) is 18.8 Å². The van der Waals surface area contributed by atoms with E-state index in [1.807, 2.05) is 12.1 Å². The molecular formula is C21H25Cl2N3O. The number of aryl methyl sites for hydroxylation is 1. The molecule has 1 fully saturated rings. The molecule has 1 heterocycles. The maximum atomic E-state index is 12.7. The number of hydrogen-bond acceptors (Lipinski definition) is 3. The molecule has 1 aliphatic heterocycles. The Balaban J connectivity index is 1.88. The van der Waals surface area contributed by atoms with Crippen LogP contribution in [0.4, 0.5) is 17.1 Å². The molecule has 2 atom stereocenters. The third-order valence-electron chi connectivity index (χ3n) is 5.00. The summed E-state index contributed by atoms with van der Waals surface area (Å²) in [7, 11) is 0. The summed E-state index contributed by atoms with van der Waals surface area (Å²) < 4.78 is 0. The van der Waals surface area contributed by atoms with E-state index >= 15 is 0 Å². The summed E-state index contributed by atoms with van der Waals surface area (Å²) >= 11 is 12.1. The number of hydrogen-bond donors (Lipinski definition) is 2. The number of nitrogens with one attached hydrogen (secondary N) is 1. The highest BCUT2D eigenvalue weighted by Crippen LogP contribution is 2.34. The highest BCUT2D eigenvalue weighted by atomic mass is 35.5. The molecule has 0 saturated carbocycles. The number of anilines is 3. The summed E-state index contributed by atoms with van der Waals surface area (Å²) in [6.07, 6.45) is 1.24. The highest BCUT2D eigenvalue weighted by Gasteiger charge is 2.24. The van der Waals surface area contributed by atoms with Crippen molar-refractivity contribution in [2.45, 2.75) is 27.2 Å². The third kappa shape index (κ3) is 4.50. The lowest BCUT2D eigenvalue weighted by atomic mass is 9.91. The molecule has 2 aromatic carbocycles. The van der Waals surface area contributed by atoms with E-state index in [4.69, 9.17) is 28.9 Å². The molecule has 2 aromatic rings. The van der Waals surface area contributed by atoms with Gasteiger partial charge >= 0.3 is 0 Å². The third-order valence-corrected chi connectivity index (χ3v) is 5.55. The molecule has 0 aromatic heterocycles. The number of nitrogens with two attached hydrogens (primary N) is 1. The van der Waals surface area contributed by atoms with Gasteiger partial charge in [-0.2, -0.15) is 0 Å². The van der Waals surface area contributed by atoms with E-state index < -0.39 is 0 Å². The van der Waals surface area contributed by atoms with Crippen molar-refractivity contribution in [1.82, 2.24) is 0 Å². The molecule has 0 spiro atoms. The Morgan fingerprint density at radius 1 is 1.15 bits per heavy atom. The van der Waals surface area contributed by atoms with Crippen LogP contribution in [0.2, 0.25) is 10.0 Å². The van der Waals surface area contributed by atoms with Crippen molar-refractivity contribution in [3.8, 4) is 0 Å². The van der Waals surface area contributed by atoms with Crippen LogP contribution < -0.4 is 16.0 Å². The normalized spacial score (nSPS) is 19.8. The van der Waals surface area contributed by atoms with E-state index in [2.05, 4.69) is 31.0 Å². The Kier molecular flexibility index (Phi) is 5.87. The number of benzene rings is 2. The number of carbonyl (C=O) groups is 1. The first-order chi connectivity index (χ1) is 12.7. The Labute approximate surface area is 170 Å². The average Bonchev–Trinajstić information content (AvgIpc) is 2.56. The van der Waals surface area contributed by atoms with Gasteiger partial charge in [0.15, 0.2) is 0 Å². The fraction of sp³-hybridized carbons (Fsp3) is 0.381. The molecule has 144 valence electrons. The summed E-state index contributed by atoms with van der Waals surface area (Å²) in [6, 6.07) is 8.69. The number of nitrogens with zero attached hydrogens (tertiary/aromatic N) is 1.